The van der Waals surface area contributed by atoms with Crippen molar-refractivity contribution in [3.8, 4) is 0 Å². The van der Waals surface area contributed by atoms with E-state index in [2.05, 4.69) is 15.5 Å². The van der Waals surface area contributed by atoms with Crippen molar-refractivity contribution in [3.63, 3.8) is 0 Å². The van der Waals surface area contributed by atoms with Gasteiger partial charge in [-0.3, -0.25) is 9.69 Å². The van der Waals surface area contributed by atoms with E-state index in [0.717, 1.165) is 26.2 Å². The predicted molar refractivity (Wildman–Crippen MR) is 48.0 cm³/mol. The number of likely N-dealkylation sites (N-methyl/N-ethyl adjacent to an activating group) is 1. The Morgan fingerprint density at radius 1 is 1.50 bits per heavy atom. The molecule has 0 aliphatic carbocycles. The van der Waals surface area contributed by atoms with Crippen molar-refractivity contribution < 1.29 is 4.79 Å². The molecule has 1 heterocycles. The normalized spacial score (nSPS) is 21.8. The molecule has 1 fully saturated rings. The van der Waals surface area contributed by atoms with Crippen molar-refractivity contribution in [2.45, 2.75) is 13.0 Å². The quantitative estimate of drug-likeness (QED) is 0.561. The van der Waals surface area contributed by atoms with Crippen molar-refractivity contribution in [1.82, 2.24) is 15.5 Å². The van der Waals surface area contributed by atoms with Gasteiger partial charge in [0.05, 0.1) is 6.04 Å². The van der Waals surface area contributed by atoms with Crippen LogP contribution in [-0.4, -0.2) is 50.1 Å². The molecule has 0 radical (unpaired) electrons. The average Bonchev–Trinajstić information content (AvgIpc) is 2.17. The largest absolute Gasteiger partial charge is 0.358 e. The molecule has 0 aromatic heterocycles. The fourth-order valence-corrected chi connectivity index (χ4v) is 1.44. The Morgan fingerprint density at radius 2 is 2.08 bits per heavy atom. The Bertz CT molecular complexity index is 154. The Balaban J connectivity index is 2.39. The molecular weight excluding hydrogens is 154 g/mol. The lowest BCUT2D eigenvalue weighted by atomic mass is 10.2. The van der Waals surface area contributed by atoms with Gasteiger partial charge in [-0.05, 0) is 6.92 Å². The molecule has 0 aromatic carbocycles. The Kier molecular flexibility index (Phi) is 3.49. The van der Waals surface area contributed by atoms with Crippen molar-refractivity contribution in [2.75, 3.05) is 33.2 Å². The minimum Gasteiger partial charge on any atom is -0.358 e. The van der Waals surface area contributed by atoms with Crippen molar-refractivity contribution in [2.24, 2.45) is 0 Å². The zero-order chi connectivity index (χ0) is 8.97. The molecule has 1 atom stereocenters. The van der Waals surface area contributed by atoms with Gasteiger partial charge >= 0.3 is 0 Å². The van der Waals surface area contributed by atoms with E-state index in [4.69, 9.17) is 0 Å². The summed E-state index contributed by atoms with van der Waals surface area (Å²) in [6, 6.07) is 0.0112. The number of rotatable bonds is 2. The number of carbonyl (C=O) groups is 1. The molecular formula is C8H17N3O. The number of nitrogens with one attached hydrogen (secondary N) is 2. The molecule has 0 bridgehead atoms. The second-order valence-corrected chi connectivity index (χ2v) is 3.08. The standard InChI is InChI=1S/C8H17N3O/c1-7(8(12)9-2)11-5-3-10-4-6-11/h7,10H,3-6H2,1-2H3,(H,9,12). The first-order chi connectivity index (χ1) is 5.75. The van der Waals surface area contributed by atoms with Gasteiger partial charge in [0, 0.05) is 33.2 Å². The van der Waals surface area contributed by atoms with E-state index in [1.165, 1.54) is 0 Å². The van der Waals surface area contributed by atoms with Crippen LogP contribution in [-0.2, 0) is 4.79 Å². The van der Waals surface area contributed by atoms with Crippen LogP contribution in [0, 0.1) is 0 Å². The van der Waals surface area contributed by atoms with Crippen LogP contribution in [0.15, 0.2) is 0 Å². The van der Waals surface area contributed by atoms with Crippen LogP contribution in [0.5, 0.6) is 0 Å². The molecule has 4 heteroatoms. The number of piperazine rings is 1. The van der Waals surface area contributed by atoms with Crippen LogP contribution in [0.1, 0.15) is 6.92 Å². The molecule has 1 rings (SSSR count). The highest BCUT2D eigenvalue weighted by Gasteiger charge is 2.21. The van der Waals surface area contributed by atoms with E-state index in [9.17, 15) is 4.79 Å². The third kappa shape index (κ3) is 2.19. The van der Waals surface area contributed by atoms with Gasteiger partial charge in [-0.1, -0.05) is 0 Å². The van der Waals surface area contributed by atoms with Crippen molar-refractivity contribution in [1.29, 1.82) is 0 Å². The van der Waals surface area contributed by atoms with Crippen LogP contribution in [0.2, 0.25) is 0 Å². The van der Waals surface area contributed by atoms with Gasteiger partial charge in [-0.2, -0.15) is 0 Å². The number of hydrogen-bond acceptors (Lipinski definition) is 3. The monoisotopic (exact) mass is 171 g/mol. The van der Waals surface area contributed by atoms with Crippen molar-refractivity contribution >= 4 is 5.91 Å². The highest BCUT2D eigenvalue weighted by atomic mass is 16.2. The molecule has 1 aliphatic rings. The zero-order valence-corrected chi connectivity index (χ0v) is 7.76. The molecule has 12 heavy (non-hydrogen) atoms. The maximum atomic E-state index is 11.2. The highest BCUT2D eigenvalue weighted by Crippen LogP contribution is 2.00. The number of carbonyl (C=O) groups excluding carboxylic acids is 1. The molecule has 0 aromatic rings. The van der Waals surface area contributed by atoms with Crippen LogP contribution in [0.25, 0.3) is 0 Å². The first-order valence-corrected chi connectivity index (χ1v) is 4.42. The molecule has 0 spiro atoms. The lowest BCUT2D eigenvalue weighted by molar-refractivity contribution is -0.125. The summed E-state index contributed by atoms with van der Waals surface area (Å²) in [5, 5.41) is 5.91. The van der Waals surface area contributed by atoms with Gasteiger partial charge in [-0.25, -0.2) is 0 Å². The Labute approximate surface area is 73.3 Å². The minimum atomic E-state index is 0.0112. The number of hydrogen-bond donors (Lipinski definition) is 2. The molecule has 1 aliphatic heterocycles. The van der Waals surface area contributed by atoms with E-state index >= 15 is 0 Å². The summed E-state index contributed by atoms with van der Waals surface area (Å²) in [6.45, 7) is 5.86. The van der Waals surface area contributed by atoms with Crippen LogP contribution < -0.4 is 10.6 Å². The van der Waals surface area contributed by atoms with Crippen molar-refractivity contribution in [3.05, 3.63) is 0 Å². The second-order valence-electron chi connectivity index (χ2n) is 3.08. The number of amides is 1. The molecule has 1 saturated heterocycles. The fourth-order valence-electron chi connectivity index (χ4n) is 1.44. The average molecular weight is 171 g/mol. The van der Waals surface area contributed by atoms with Gasteiger partial charge in [0.2, 0.25) is 5.91 Å². The maximum absolute atomic E-state index is 11.2. The topological polar surface area (TPSA) is 44.4 Å². The first kappa shape index (κ1) is 9.48. The molecule has 70 valence electrons. The van der Waals surface area contributed by atoms with E-state index in [0.29, 0.717) is 0 Å². The smallest absolute Gasteiger partial charge is 0.236 e. The fraction of sp³-hybridized carbons (Fsp3) is 0.875. The third-order valence-corrected chi connectivity index (χ3v) is 2.33. The highest BCUT2D eigenvalue weighted by molar-refractivity contribution is 5.80. The molecule has 4 nitrogen and oxygen atoms in total. The van der Waals surface area contributed by atoms with E-state index in [-0.39, 0.29) is 11.9 Å². The van der Waals surface area contributed by atoms with Gasteiger partial charge in [0.25, 0.3) is 0 Å². The van der Waals surface area contributed by atoms with Gasteiger partial charge < -0.3 is 10.6 Å². The molecule has 1 unspecified atom stereocenters. The summed E-state index contributed by atoms with van der Waals surface area (Å²) < 4.78 is 0. The summed E-state index contributed by atoms with van der Waals surface area (Å²) in [6.07, 6.45) is 0. The lowest BCUT2D eigenvalue weighted by Gasteiger charge is -2.31. The molecule has 2 N–H and O–H groups in total. The number of nitrogens with zero attached hydrogens (tertiary/aromatic N) is 1. The SMILES string of the molecule is CNC(=O)C(C)N1CCNCC1. The third-order valence-electron chi connectivity index (χ3n) is 2.33. The Morgan fingerprint density at radius 3 is 2.58 bits per heavy atom. The molecule has 1 amide bonds. The lowest BCUT2D eigenvalue weighted by Crippen LogP contribution is -2.52. The van der Waals surface area contributed by atoms with E-state index in [1.807, 2.05) is 6.92 Å². The van der Waals surface area contributed by atoms with E-state index < -0.39 is 0 Å². The zero-order valence-electron chi connectivity index (χ0n) is 7.76. The summed E-state index contributed by atoms with van der Waals surface area (Å²) in [7, 11) is 1.68. The predicted octanol–water partition coefficient (Wildman–Crippen LogP) is -0.974. The maximum Gasteiger partial charge on any atom is 0.236 e. The second kappa shape index (κ2) is 4.42. The van der Waals surface area contributed by atoms with E-state index in [1.54, 1.807) is 7.05 Å². The summed E-state index contributed by atoms with van der Waals surface area (Å²) in [5.41, 5.74) is 0. The van der Waals surface area contributed by atoms with Crippen LogP contribution in [0.3, 0.4) is 0 Å². The molecule has 0 saturated carbocycles. The van der Waals surface area contributed by atoms with Gasteiger partial charge in [-0.15, -0.1) is 0 Å². The van der Waals surface area contributed by atoms with Crippen LogP contribution >= 0.6 is 0 Å². The summed E-state index contributed by atoms with van der Waals surface area (Å²) in [4.78, 5) is 13.4. The van der Waals surface area contributed by atoms with Gasteiger partial charge in [0.15, 0.2) is 0 Å². The minimum absolute atomic E-state index is 0.0112. The summed E-state index contributed by atoms with van der Waals surface area (Å²) in [5.74, 6) is 0.108. The first-order valence-electron chi connectivity index (χ1n) is 4.42. The van der Waals surface area contributed by atoms with Crippen LogP contribution in [0.4, 0.5) is 0 Å². The Hall–Kier alpha value is -0.610. The van der Waals surface area contributed by atoms with Gasteiger partial charge in [0.1, 0.15) is 0 Å². The summed E-state index contributed by atoms with van der Waals surface area (Å²) >= 11 is 0.